The zero-order valence-electron chi connectivity index (χ0n) is 15.3. The van der Waals surface area contributed by atoms with Crippen molar-refractivity contribution in [2.24, 2.45) is 0 Å². The average molecular weight is 354 g/mol. The van der Waals surface area contributed by atoms with Gasteiger partial charge in [-0.2, -0.15) is 4.98 Å². The Morgan fingerprint density at radius 1 is 1.23 bits per heavy atom. The molecule has 0 saturated carbocycles. The summed E-state index contributed by atoms with van der Waals surface area (Å²) in [7, 11) is 1.72. The van der Waals surface area contributed by atoms with E-state index >= 15 is 0 Å². The molecule has 0 aromatic carbocycles. The summed E-state index contributed by atoms with van der Waals surface area (Å²) in [4.78, 5) is 27.0. The van der Waals surface area contributed by atoms with Crippen LogP contribution in [0.15, 0.2) is 41.4 Å². The Balaban J connectivity index is 1.70. The maximum Gasteiger partial charge on any atom is 0.246 e. The van der Waals surface area contributed by atoms with Crippen LogP contribution in [0.5, 0.6) is 0 Å². The molecule has 0 aliphatic heterocycles. The first-order valence-electron chi connectivity index (χ1n) is 8.48. The van der Waals surface area contributed by atoms with E-state index in [4.69, 9.17) is 4.52 Å². The molecule has 0 fully saturated rings. The normalized spacial score (nSPS) is 12.3. The molecule has 3 heterocycles. The third-order valence-electron chi connectivity index (χ3n) is 4.14. The van der Waals surface area contributed by atoms with Crippen molar-refractivity contribution >= 4 is 5.91 Å². The Labute approximate surface area is 151 Å². The largest absolute Gasteiger partial charge is 0.337 e. The van der Waals surface area contributed by atoms with E-state index in [1.807, 2.05) is 17.7 Å². The highest BCUT2D eigenvalue weighted by molar-refractivity contribution is 5.79. The smallest absolute Gasteiger partial charge is 0.246 e. The van der Waals surface area contributed by atoms with Gasteiger partial charge in [-0.1, -0.05) is 19.0 Å². The van der Waals surface area contributed by atoms with Crippen LogP contribution in [0.4, 0.5) is 0 Å². The van der Waals surface area contributed by atoms with Crippen LogP contribution in [0.1, 0.15) is 44.4 Å². The predicted molar refractivity (Wildman–Crippen MR) is 95.0 cm³/mol. The number of hydrogen-bond donors (Lipinski definition) is 0. The van der Waals surface area contributed by atoms with Gasteiger partial charge in [-0.05, 0) is 19.1 Å². The fourth-order valence-corrected chi connectivity index (χ4v) is 2.76. The molecule has 1 atom stereocenters. The highest BCUT2D eigenvalue weighted by Gasteiger charge is 2.23. The summed E-state index contributed by atoms with van der Waals surface area (Å²) in [6.45, 7) is 6.22. The molecular weight excluding hydrogens is 332 g/mol. The lowest BCUT2D eigenvalue weighted by Crippen LogP contribution is -2.33. The van der Waals surface area contributed by atoms with E-state index in [-0.39, 0.29) is 24.4 Å². The maximum absolute atomic E-state index is 12.8. The summed E-state index contributed by atoms with van der Waals surface area (Å²) < 4.78 is 7.18. The van der Waals surface area contributed by atoms with Gasteiger partial charge in [0.25, 0.3) is 0 Å². The van der Waals surface area contributed by atoms with E-state index in [0.717, 1.165) is 11.4 Å². The summed E-state index contributed by atoms with van der Waals surface area (Å²) in [6, 6.07) is 3.25. The van der Waals surface area contributed by atoms with Crippen molar-refractivity contribution in [2.75, 3.05) is 7.05 Å². The molecule has 0 saturated heterocycles. The molecule has 8 nitrogen and oxygen atoms in total. The number of nitrogens with zero attached hydrogens (tertiary/aromatic N) is 6. The highest BCUT2D eigenvalue weighted by atomic mass is 16.5. The zero-order chi connectivity index (χ0) is 18.7. The van der Waals surface area contributed by atoms with Gasteiger partial charge in [-0.25, -0.2) is 4.98 Å². The predicted octanol–water partition coefficient (Wildman–Crippen LogP) is 2.67. The minimum atomic E-state index is -0.359. The number of aromatic nitrogens is 5. The van der Waals surface area contributed by atoms with Crippen LogP contribution in [0.3, 0.4) is 0 Å². The van der Waals surface area contributed by atoms with Crippen molar-refractivity contribution < 1.29 is 9.32 Å². The minimum absolute atomic E-state index is 0.0476. The van der Waals surface area contributed by atoms with Crippen molar-refractivity contribution in [1.29, 1.82) is 0 Å². The van der Waals surface area contributed by atoms with Crippen LogP contribution in [0, 0.1) is 0 Å². The van der Waals surface area contributed by atoms with Crippen molar-refractivity contribution in [3.8, 4) is 11.4 Å². The Kier molecular flexibility index (Phi) is 5.11. The van der Waals surface area contributed by atoms with Gasteiger partial charge >= 0.3 is 0 Å². The number of hydrogen-bond acceptors (Lipinski definition) is 6. The second kappa shape index (κ2) is 7.47. The lowest BCUT2D eigenvalue weighted by Gasteiger charge is -2.22. The molecule has 1 amide bonds. The molecule has 0 radical (unpaired) electrons. The molecule has 0 bridgehead atoms. The van der Waals surface area contributed by atoms with Crippen molar-refractivity contribution in [1.82, 2.24) is 29.6 Å². The third-order valence-corrected chi connectivity index (χ3v) is 4.14. The monoisotopic (exact) mass is 354 g/mol. The molecule has 136 valence electrons. The number of carbonyl (C=O) groups is 1. The van der Waals surface area contributed by atoms with Gasteiger partial charge in [-0.3, -0.25) is 9.78 Å². The maximum atomic E-state index is 12.8. The van der Waals surface area contributed by atoms with Gasteiger partial charge < -0.3 is 14.0 Å². The van der Waals surface area contributed by atoms with E-state index in [0.29, 0.717) is 11.7 Å². The molecule has 26 heavy (non-hydrogen) atoms. The van der Waals surface area contributed by atoms with E-state index in [1.54, 1.807) is 42.7 Å². The van der Waals surface area contributed by atoms with Gasteiger partial charge in [0.1, 0.15) is 11.9 Å². The molecule has 3 aromatic rings. The molecular formula is C18H22N6O2. The van der Waals surface area contributed by atoms with Crippen LogP contribution in [0.2, 0.25) is 0 Å². The molecule has 1 unspecified atom stereocenters. The topological polar surface area (TPSA) is 89.9 Å². The van der Waals surface area contributed by atoms with E-state index < -0.39 is 0 Å². The minimum Gasteiger partial charge on any atom is -0.337 e. The first-order chi connectivity index (χ1) is 12.5. The van der Waals surface area contributed by atoms with Gasteiger partial charge in [0.15, 0.2) is 0 Å². The number of likely N-dealkylation sites (N-methyl/N-ethyl adjacent to an activating group) is 1. The van der Waals surface area contributed by atoms with Gasteiger partial charge in [0.2, 0.25) is 17.6 Å². The van der Waals surface area contributed by atoms with Crippen molar-refractivity contribution in [2.45, 2.75) is 39.3 Å². The SMILES string of the molecule is CC(C)c1nccn1C(C)C(=O)N(C)Cc1nc(-c2ccncc2)no1. The Bertz CT molecular complexity index is 871. The van der Waals surface area contributed by atoms with Gasteiger partial charge in [0.05, 0.1) is 6.54 Å². The fourth-order valence-electron chi connectivity index (χ4n) is 2.76. The first-order valence-corrected chi connectivity index (χ1v) is 8.48. The second-order valence-electron chi connectivity index (χ2n) is 6.47. The quantitative estimate of drug-likeness (QED) is 0.676. The Hall–Kier alpha value is -3.03. The van der Waals surface area contributed by atoms with E-state index in [9.17, 15) is 4.79 Å². The van der Waals surface area contributed by atoms with Crippen LogP contribution in [-0.2, 0) is 11.3 Å². The summed E-state index contributed by atoms with van der Waals surface area (Å²) >= 11 is 0. The summed E-state index contributed by atoms with van der Waals surface area (Å²) in [5.74, 6) is 1.94. The summed E-state index contributed by atoms with van der Waals surface area (Å²) in [6.07, 6.45) is 6.89. The standard InChI is InChI=1S/C18H22N6O2/c1-12(2)17-20-9-10-24(17)13(3)18(25)23(4)11-15-21-16(22-26-15)14-5-7-19-8-6-14/h5-10,12-13H,11H2,1-4H3. The Morgan fingerprint density at radius 3 is 2.65 bits per heavy atom. The molecule has 8 heteroatoms. The lowest BCUT2D eigenvalue weighted by molar-refractivity contribution is -0.133. The van der Waals surface area contributed by atoms with Crippen LogP contribution < -0.4 is 0 Å². The van der Waals surface area contributed by atoms with Crippen LogP contribution >= 0.6 is 0 Å². The summed E-state index contributed by atoms with van der Waals surface area (Å²) in [5.41, 5.74) is 0.817. The molecule has 0 aliphatic carbocycles. The zero-order valence-corrected chi connectivity index (χ0v) is 15.3. The first kappa shape index (κ1) is 17.8. The Morgan fingerprint density at radius 2 is 1.96 bits per heavy atom. The highest BCUT2D eigenvalue weighted by Crippen LogP contribution is 2.20. The van der Waals surface area contributed by atoms with Crippen LogP contribution in [-0.4, -0.2) is 42.5 Å². The fraction of sp³-hybridized carbons (Fsp3) is 0.389. The second-order valence-corrected chi connectivity index (χ2v) is 6.47. The van der Waals surface area contributed by atoms with E-state index in [1.165, 1.54) is 0 Å². The average Bonchev–Trinajstić information content (AvgIpc) is 3.30. The third kappa shape index (κ3) is 3.63. The number of carbonyl (C=O) groups excluding carboxylic acids is 1. The molecule has 3 rings (SSSR count). The molecule has 0 aliphatic rings. The van der Waals surface area contributed by atoms with E-state index in [2.05, 4.69) is 34.0 Å². The lowest BCUT2D eigenvalue weighted by atomic mass is 10.2. The molecule has 3 aromatic heterocycles. The number of amides is 1. The van der Waals surface area contributed by atoms with Crippen molar-refractivity contribution in [3.05, 3.63) is 48.6 Å². The molecule has 0 spiro atoms. The number of rotatable bonds is 6. The van der Waals surface area contributed by atoms with Crippen LogP contribution in [0.25, 0.3) is 11.4 Å². The van der Waals surface area contributed by atoms with Gasteiger partial charge in [0, 0.05) is 43.3 Å². The van der Waals surface area contributed by atoms with Crippen molar-refractivity contribution in [3.63, 3.8) is 0 Å². The number of pyridine rings is 1. The van der Waals surface area contributed by atoms with Gasteiger partial charge in [-0.15, -0.1) is 0 Å². The molecule has 0 N–H and O–H groups in total. The summed E-state index contributed by atoms with van der Waals surface area (Å²) in [5, 5.41) is 3.96. The number of imidazole rings is 1.